The molecule has 1 rings (SSSR count). The summed E-state index contributed by atoms with van der Waals surface area (Å²) in [6.07, 6.45) is 2.25. The van der Waals surface area contributed by atoms with Crippen LogP contribution >= 0.6 is 15.9 Å². The molecule has 0 spiro atoms. The van der Waals surface area contributed by atoms with Gasteiger partial charge in [0.15, 0.2) is 0 Å². The van der Waals surface area contributed by atoms with E-state index in [2.05, 4.69) is 20.7 Å². The molecular formula is C12H18BrNO3S. The number of aliphatic hydroxyl groups excluding tert-OH is 1. The molecule has 0 unspecified atom stereocenters. The summed E-state index contributed by atoms with van der Waals surface area (Å²) in [6, 6.07) is 5.19. The molecule has 0 radical (unpaired) electrons. The van der Waals surface area contributed by atoms with Crippen molar-refractivity contribution in [3.8, 4) is 0 Å². The molecule has 4 nitrogen and oxygen atoms in total. The molecule has 0 aliphatic carbocycles. The third-order valence-corrected chi connectivity index (χ3v) is 4.66. The van der Waals surface area contributed by atoms with Crippen molar-refractivity contribution in [1.29, 1.82) is 0 Å². The summed E-state index contributed by atoms with van der Waals surface area (Å²) in [5.41, 5.74) is 0.723. The van der Waals surface area contributed by atoms with E-state index < -0.39 is 10.0 Å². The summed E-state index contributed by atoms with van der Waals surface area (Å²) in [5, 5.41) is 8.63. The minimum Gasteiger partial charge on any atom is -0.396 e. The lowest BCUT2D eigenvalue weighted by atomic mass is 10.2. The Morgan fingerprint density at radius 2 is 2.00 bits per heavy atom. The molecule has 102 valence electrons. The third-order valence-electron chi connectivity index (χ3n) is 2.57. The van der Waals surface area contributed by atoms with Crippen LogP contribution in [0.5, 0.6) is 0 Å². The summed E-state index contributed by atoms with van der Waals surface area (Å²) in [5.74, 6) is 0. The van der Waals surface area contributed by atoms with Gasteiger partial charge < -0.3 is 5.11 Å². The second kappa shape index (κ2) is 7.23. The smallest absolute Gasteiger partial charge is 0.240 e. The van der Waals surface area contributed by atoms with Gasteiger partial charge in [0, 0.05) is 17.6 Å². The standard InChI is InChI=1S/C12H18BrNO3S/c1-10-5-6-11(13)9-12(10)18(16,17)14-7-3-2-4-8-15/h5-6,9,14-15H,2-4,7-8H2,1H3. The summed E-state index contributed by atoms with van der Waals surface area (Å²) in [4.78, 5) is 0.305. The molecule has 0 heterocycles. The molecule has 0 amide bonds. The zero-order chi connectivity index (χ0) is 13.6. The van der Waals surface area contributed by atoms with Gasteiger partial charge in [-0.15, -0.1) is 0 Å². The monoisotopic (exact) mass is 335 g/mol. The van der Waals surface area contributed by atoms with Crippen molar-refractivity contribution >= 4 is 26.0 Å². The highest BCUT2D eigenvalue weighted by molar-refractivity contribution is 9.10. The molecule has 0 aromatic heterocycles. The van der Waals surface area contributed by atoms with E-state index >= 15 is 0 Å². The molecule has 18 heavy (non-hydrogen) atoms. The largest absolute Gasteiger partial charge is 0.396 e. The molecule has 0 aliphatic rings. The van der Waals surface area contributed by atoms with Gasteiger partial charge in [0.2, 0.25) is 10.0 Å². The Kier molecular flexibility index (Phi) is 6.28. The van der Waals surface area contributed by atoms with E-state index in [9.17, 15) is 8.42 Å². The molecule has 1 aromatic rings. The summed E-state index contributed by atoms with van der Waals surface area (Å²) < 4.78 is 27.4. The SMILES string of the molecule is Cc1ccc(Br)cc1S(=O)(=O)NCCCCCO. The fraction of sp³-hybridized carbons (Fsp3) is 0.500. The number of nitrogens with one attached hydrogen (secondary N) is 1. The average Bonchev–Trinajstić information content (AvgIpc) is 2.32. The normalized spacial score (nSPS) is 11.7. The summed E-state index contributed by atoms with van der Waals surface area (Å²) in [6.45, 7) is 2.32. The topological polar surface area (TPSA) is 66.4 Å². The van der Waals surface area contributed by atoms with Crippen molar-refractivity contribution in [3.63, 3.8) is 0 Å². The zero-order valence-electron chi connectivity index (χ0n) is 10.3. The molecule has 0 bridgehead atoms. The Bertz CT molecular complexity index is 488. The molecule has 2 N–H and O–H groups in total. The van der Waals surface area contributed by atoms with E-state index in [4.69, 9.17) is 5.11 Å². The molecule has 1 aromatic carbocycles. The minimum atomic E-state index is -3.44. The average molecular weight is 336 g/mol. The van der Waals surface area contributed by atoms with Gasteiger partial charge in [0.05, 0.1) is 4.90 Å². The lowest BCUT2D eigenvalue weighted by molar-refractivity contribution is 0.283. The third kappa shape index (κ3) is 4.68. The van der Waals surface area contributed by atoms with Gasteiger partial charge in [-0.3, -0.25) is 0 Å². The van der Waals surface area contributed by atoms with Gasteiger partial charge in [-0.1, -0.05) is 22.0 Å². The maximum Gasteiger partial charge on any atom is 0.240 e. The Morgan fingerprint density at radius 3 is 2.67 bits per heavy atom. The predicted molar refractivity (Wildman–Crippen MR) is 75.0 cm³/mol. The predicted octanol–water partition coefficient (Wildman–Crippen LogP) is 2.20. The van der Waals surface area contributed by atoms with Crippen molar-refractivity contribution in [2.45, 2.75) is 31.1 Å². The Hall–Kier alpha value is -0.430. The number of hydrogen-bond donors (Lipinski definition) is 2. The molecule has 0 aliphatic heterocycles. The number of unbranched alkanes of at least 4 members (excludes halogenated alkanes) is 2. The second-order valence-electron chi connectivity index (χ2n) is 4.09. The van der Waals surface area contributed by atoms with Gasteiger partial charge >= 0.3 is 0 Å². The first-order valence-electron chi connectivity index (χ1n) is 5.84. The molecule has 0 saturated carbocycles. The molecular weight excluding hydrogens is 318 g/mol. The number of rotatable bonds is 7. The Morgan fingerprint density at radius 1 is 1.28 bits per heavy atom. The van der Waals surface area contributed by atoms with Crippen LogP contribution in [0.4, 0.5) is 0 Å². The first-order chi connectivity index (χ1) is 8.47. The molecule has 0 atom stereocenters. The first-order valence-corrected chi connectivity index (χ1v) is 8.11. The van der Waals surface area contributed by atoms with Gasteiger partial charge in [-0.2, -0.15) is 0 Å². The number of sulfonamides is 1. The van der Waals surface area contributed by atoms with Crippen LogP contribution in [-0.4, -0.2) is 26.7 Å². The second-order valence-corrected chi connectivity index (χ2v) is 6.74. The van der Waals surface area contributed by atoms with Crippen molar-refractivity contribution in [2.24, 2.45) is 0 Å². The number of halogens is 1. The van der Waals surface area contributed by atoms with Crippen LogP contribution in [0.1, 0.15) is 24.8 Å². The van der Waals surface area contributed by atoms with Crippen molar-refractivity contribution in [1.82, 2.24) is 4.72 Å². The Labute approximate surface area is 117 Å². The van der Waals surface area contributed by atoms with E-state index in [1.54, 1.807) is 19.1 Å². The maximum atomic E-state index is 12.1. The van der Waals surface area contributed by atoms with E-state index in [1.807, 2.05) is 6.07 Å². The number of aliphatic hydroxyl groups is 1. The molecule has 0 fully saturated rings. The van der Waals surface area contributed by atoms with Gasteiger partial charge in [-0.25, -0.2) is 13.1 Å². The number of aryl methyl sites for hydroxylation is 1. The number of benzene rings is 1. The van der Waals surface area contributed by atoms with Crippen molar-refractivity contribution in [2.75, 3.05) is 13.2 Å². The van der Waals surface area contributed by atoms with Gasteiger partial charge in [0.25, 0.3) is 0 Å². The van der Waals surface area contributed by atoms with Crippen molar-refractivity contribution in [3.05, 3.63) is 28.2 Å². The summed E-state index contributed by atoms with van der Waals surface area (Å²) in [7, 11) is -3.44. The van der Waals surface area contributed by atoms with Crippen LogP contribution in [0, 0.1) is 6.92 Å². The highest BCUT2D eigenvalue weighted by Gasteiger charge is 2.16. The quantitative estimate of drug-likeness (QED) is 0.750. The van der Waals surface area contributed by atoms with Crippen LogP contribution < -0.4 is 4.72 Å². The van der Waals surface area contributed by atoms with E-state index in [1.165, 1.54) is 0 Å². The fourth-order valence-electron chi connectivity index (χ4n) is 1.56. The van der Waals surface area contributed by atoms with Crippen LogP contribution in [0.25, 0.3) is 0 Å². The first kappa shape index (κ1) is 15.6. The van der Waals surface area contributed by atoms with Crippen LogP contribution in [-0.2, 0) is 10.0 Å². The van der Waals surface area contributed by atoms with Gasteiger partial charge in [0.1, 0.15) is 0 Å². The minimum absolute atomic E-state index is 0.150. The lowest BCUT2D eigenvalue weighted by Crippen LogP contribution is -2.25. The van der Waals surface area contributed by atoms with Crippen molar-refractivity contribution < 1.29 is 13.5 Å². The molecule has 0 saturated heterocycles. The summed E-state index contributed by atoms with van der Waals surface area (Å²) >= 11 is 3.27. The zero-order valence-corrected chi connectivity index (χ0v) is 12.7. The van der Waals surface area contributed by atoms with E-state index in [-0.39, 0.29) is 6.61 Å². The van der Waals surface area contributed by atoms with E-state index in [0.717, 1.165) is 22.9 Å². The highest BCUT2D eigenvalue weighted by Crippen LogP contribution is 2.20. The maximum absolute atomic E-state index is 12.1. The Balaban J connectivity index is 2.66. The van der Waals surface area contributed by atoms with E-state index in [0.29, 0.717) is 17.9 Å². The van der Waals surface area contributed by atoms with Crippen LogP contribution in [0.2, 0.25) is 0 Å². The van der Waals surface area contributed by atoms with Gasteiger partial charge in [-0.05, 0) is 43.9 Å². The highest BCUT2D eigenvalue weighted by atomic mass is 79.9. The van der Waals surface area contributed by atoms with Crippen LogP contribution in [0.3, 0.4) is 0 Å². The van der Waals surface area contributed by atoms with Crippen LogP contribution in [0.15, 0.2) is 27.6 Å². The number of hydrogen-bond acceptors (Lipinski definition) is 3. The molecule has 6 heteroatoms. The fourth-order valence-corrected chi connectivity index (χ4v) is 3.42. The lowest BCUT2D eigenvalue weighted by Gasteiger charge is -2.09.